The molecule has 6 nitrogen and oxygen atoms in total. The van der Waals surface area contributed by atoms with E-state index < -0.39 is 11.8 Å². The minimum Gasteiger partial charge on any atom is -0.507 e. The number of benzene rings is 2. The summed E-state index contributed by atoms with van der Waals surface area (Å²) in [5.41, 5.74) is 4.90. The van der Waals surface area contributed by atoms with Gasteiger partial charge in [0.2, 0.25) is 0 Å². The van der Waals surface area contributed by atoms with Crippen molar-refractivity contribution in [3.8, 4) is 5.75 Å². The number of hydrogen-bond donors (Lipinski definition) is 3. The Hall–Kier alpha value is -3.15. The van der Waals surface area contributed by atoms with E-state index in [-0.39, 0.29) is 5.75 Å². The molecule has 0 fully saturated rings. The van der Waals surface area contributed by atoms with Crippen molar-refractivity contribution >= 4 is 23.7 Å². The minimum atomic E-state index is -0.890. The molecule has 0 heterocycles. The minimum absolute atomic E-state index is 0.0329. The number of amides is 2. The highest BCUT2D eigenvalue weighted by atomic mass is 16.3. The Morgan fingerprint density at radius 2 is 1.65 bits per heavy atom. The van der Waals surface area contributed by atoms with Gasteiger partial charge in [0.25, 0.3) is 0 Å². The predicted octanol–water partition coefficient (Wildman–Crippen LogP) is 2.10. The number of carbonyl (C=O) groups excluding carboxylic acids is 2. The van der Waals surface area contributed by atoms with Crippen LogP contribution in [0.3, 0.4) is 0 Å². The second kappa shape index (κ2) is 7.22. The largest absolute Gasteiger partial charge is 0.507 e. The fourth-order valence-electron chi connectivity index (χ4n) is 1.99. The molecule has 2 aromatic carbocycles. The van der Waals surface area contributed by atoms with E-state index in [0.717, 1.165) is 11.1 Å². The summed E-state index contributed by atoms with van der Waals surface area (Å²) in [6.45, 7) is 3.69. The molecule has 0 aliphatic carbocycles. The molecule has 0 spiro atoms. The smallest absolute Gasteiger partial charge is 0.329 e. The van der Waals surface area contributed by atoms with E-state index in [1.807, 2.05) is 32.0 Å². The Morgan fingerprint density at radius 3 is 2.30 bits per heavy atom. The lowest BCUT2D eigenvalue weighted by atomic mass is 10.1. The van der Waals surface area contributed by atoms with Gasteiger partial charge in [-0.15, -0.1) is 0 Å². The maximum Gasteiger partial charge on any atom is 0.329 e. The topological polar surface area (TPSA) is 90.8 Å². The molecule has 0 bridgehead atoms. The molecule has 23 heavy (non-hydrogen) atoms. The van der Waals surface area contributed by atoms with Crippen LogP contribution in [0.5, 0.6) is 5.75 Å². The van der Waals surface area contributed by atoms with E-state index in [1.165, 1.54) is 12.3 Å². The van der Waals surface area contributed by atoms with Gasteiger partial charge in [0.05, 0.1) is 6.21 Å². The number of phenols is 1. The standard InChI is InChI=1S/C17H17N3O3/c1-11-6-5-7-12(2)15(11)19-16(22)17(23)20-18-10-13-8-3-4-9-14(13)21/h3-10,21H,1-2H3,(H,19,22)(H,20,23)/b18-10+. The quantitative estimate of drug-likeness (QED) is 0.460. The fourth-order valence-corrected chi connectivity index (χ4v) is 1.99. The molecule has 0 aliphatic heterocycles. The fraction of sp³-hybridized carbons (Fsp3) is 0.118. The first-order valence-corrected chi connectivity index (χ1v) is 6.97. The second-order valence-corrected chi connectivity index (χ2v) is 4.98. The molecular formula is C17H17N3O3. The lowest BCUT2D eigenvalue weighted by Gasteiger charge is -2.10. The van der Waals surface area contributed by atoms with Crippen LogP contribution in [-0.4, -0.2) is 23.1 Å². The number of nitrogens with one attached hydrogen (secondary N) is 2. The Balaban J connectivity index is 1.98. The Morgan fingerprint density at radius 1 is 1.00 bits per heavy atom. The van der Waals surface area contributed by atoms with Crippen molar-refractivity contribution in [2.75, 3.05) is 5.32 Å². The number of anilines is 1. The SMILES string of the molecule is Cc1cccc(C)c1NC(=O)C(=O)N/N=C/c1ccccc1O. The summed E-state index contributed by atoms with van der Waals surface area (Å²) < 4.78 is 0. The van der Waals surface area contributed by atoms with Gasteiger partial charge in [-0.05, 0) is 37.1 Å². The molecule has 0 aromatic heterocycles. The number of para-hydroxylation sites is 2. The number of phenolic OH excluding ortho intramolecular Hbond substituents is 1. The van der Waals surface area contributed by atoms with Crippen LogP contribution >= 0.6 is 0 Å². The van der Waals surface area contributed by atoms with Gasteiger partial charge < -0.3 is 10.4 Å². The molecule has 0 radical (unpaired) electrons. The third-order valence-corrected chi connectivity index (χ3v) is 3.23. The average Bonchev–Trinajstić information content (AvgIpc) is 2.52. The maximum atomic E-state index is 11.9. The molecule has 3 N–H and O–H groups in total. The van der Waals surface area contributed by atoms with Crippen molar-refractivity contribution in [1.82, 2.24) is 5.43 Å². The molecule has 0 aliphatic rings. The molecular weight excluding hydrogens is 294 g/mol. The number of rotatable bonds is 3. The lowest BCUT2D eigenvalue weighted by Crippen LogP contribution is -2.32. The van der Waals surface area contributed by atoms with Gasteiger partial charge >= 0.3 is 11.8 Å². The number of nitrogens with zero attached hydrogens (tertiary/aromatic N) is 1. The summed E-state index contributed by atoms with van der Waals surface area (Å²) in [6, 6.07) is 12.1. The highest BCUT2D eigenvalue weighted by molar-refractivity contribution is 6.39. The predicted molar refractivity (Wildman–Crippen MR) is 88.4 cm³/mol. The summed E-state index contributed by atoms with van der Waals surface area (Å²) in [5.74, 6) is -1.67. The van der Waals surface area contributed by atoms with E-state index in [1.54, 1.807) is 18.2 Å². The number of hydrazone groups is 1. The maximum absolute atomic E-state index is 11.9. The van der Waals surface area contributed by atoms with Gasteiger partial charge in [-0.3, -0.25) is 9.59 Å². The monoisotopic (exact) mass is 311 g/mol. The van der Waals surface area contributed by atoms with Crippen LogP contribution in [0.15, 0.2) is 47.6 Å². The van der Waals surface area contributed by atoms with Crippen LogP contribution < -0.4 is 10.7 Å². The Labute approximate surface area is 133 Å². The third kappa shape index (κ3) is 4.16. The summed E-state index contributed by atoms with van der Waals surface area (Å²) >= 11 is 0. The van der Waals surface area contributed by atoms with Gasteiger partial charge in [0.15, 0.2) is 0 Å². The van der Waals surface area contributed by atoms with Gasteiger partial charge in [0.1, 0.15) is 5.75 Å². The summed E-state index contributed by atoms with van der Waals surface area (Å²) in [4.78, 5) is 23.6. The van der Waals surface area contributed by atoms with Crippen LogP contribution in [0.1, 0.15) is 16.7 Å². The first-order valence-electron chi connectivity index (χ1n) is 6.97. The second-order valence-electron chi connectivity index (χ2n) is 4.98. The molecule has 118 valence electrons. The normalized spacial score (nSPS) is 10.5. The van der Waals surface area contributed by atoms with Crippen molar-refractivity contribution < 1.29 is 14.7 Å². The number of aromatic hydroxyl groups is 1. The van der Waals surface area contributed by atoms with Crippen LogP contribution in [0.25, 0.3) is 0 Å². The molecule has 6 heteroatoms. The highest BCUT2D eigenvalue weighted by Gasteiger charge is 2.15. The van der Waals surface area contributed by atoms with E-state index >= 15 is 0 Å². The van der Waals surface area contributed by atoms with Gasteiger partial charge in [-0.1, -0.05) is 30.3 Å². The van der Waals surface area contributed by atoms with Gasteiger partial charge in [-0.2, -0.15) is 5.10 Å². The summed E-state index contributed by atoms with van der Waals surface area (Å²) in [5, 5.41) is 15.8. The van der Waals surface area contributed by atoms with Crippen molar-refractivity contribution in [1.29, 1.82) is 0 Å². The first-order chi connectivity index (χ1) is 11.0. The number of hydrogen-bond acceptors (Lipinski definition) is 4. The van der Waals surface area contributed by atoms with Crippen molar-refractivity contribution in [2.45, 2.75) is 13.8 Å². The van der Waals surface area contributed by atoms with E-state index in [4.69, 9.17) is 0 Å². The molecule has 0 unspecified atom stereocenters. The van der Waals surface area contributed by atoms with Crippen LogP contribution in [-0.2, 0) is 9.59 Å². The first kappa shape index (κ1) is 16.2. The van der Waals surface area contributed by atoms with Crippen LogP contribution in [0.2, 0.25) is 0 Å². The average molecular weight is 311 g/mol. The summed E-state index contributed by atoms with van der Waals surface area (Å²) in [6.07, 6.45) is 1.26. The zero-order valence-corrected chi connectivity index (χ0v) is 12.8. The zero-order chi connectivity index (χ0) is 16.8. The third-order valence-electron chi connectivity index (χ3n) is 3.23. The van der Waals surface area contributed by atoms with E-state index in [0.29, 0.717) is 11.3 Å². The highest BCUT2D eigenvalue weighted by Crippen LogP contribution is 2.19. The van der Waals surface area contributed by atoms with Gasteiger partial charge in [-0.25, -0.2) is 5.43 Å². The van der Waals surface area contributed by atoms with E-state index in [9.17, 15) is 14.7 Å². The number of carbonyl (C=O) groups is 2. The molecule has 0 saturated carbocycles. The zero-order valence-electron chi connectivity index (χ0n) is 12.8. The van der Waals surface area contributed by atoms with Gasteiger partial charge in [0, 0.05) is 11.3 Å². The van der Waals surface area contributed by atoms with Crippen molar-refractivity contribution in [3.05, 3.63) is 59.2 Å². The lowest BCUT2D eigenvalue weighted by molar-refractivity contribution is -0.136. The summed E-state index contributed by atoms with van der Waals surface area (Å²) in [7, 11) is 0. The number of aryl methyl sites for hydroxylation is 2. The van der Waals surface area contributed by atoms with Crippen LogP contribution in [0.4, 0.5) is 5.69 Å². The molecule has 2 amide bonds. The Kier molecular flexibility index (Phi) is 5.09. The molecule has 2 rings (SSSR count). The van der Waals surface area contributed by atoms with Crippen LogP contribution in [0, 0.1) is 13.8 Å². The van der Waals surface area contributed by atoms with Crippen molar-refractivity contribution in [3.63, 3.8) is 0 Å². The molecule has 0 saturated heterocycles. The van der Waals surface area contributed by atoms with Crippen molar-refractivity contribution in [2.24, 2.45) is 5.10 Å². The molecule has 2 aromatic rings. The molecule has 0 atom stereocenters. The van der Waals surface area contributed by atoms with E-state index in [2.05, 4.69) is 15.8 Å². The Bertz CT molecular complexity index is 749.